The van der Waals surface area contributed by atoms with Crippen molar-refractivity contribution in [1.29, 1.82) is 0 Å². The van der Waals surface area contributed by atoms with Gasteiger partial charge < -0.3 is 10.5 Å². The second kappa shape index (κ2) is 5.64. The molecule has 0 aliphatic heterocycles. The molecule has 0 radical (unpaired) electrons. The quantitative estimate of drug-likeness (QED) is 0.905. The molecule has 2 aliphatic rings. The first-order valence-corrected chi connectivity index (χ1v) is 9.17. The maximum atomic E-state index is 6.27. The number of hydrogen-bond acceptors (Lipinski definition) is 4. The molecule has 2 N–H and O–H groups in total. The highest BCUT2D eigenvalue weighted by atomic mass is 32.1. The van der Waals surface area contributed by atoms with E-state index in [0.29, 0.717) is 5.41 Å². The minimum Gasteiger partial charge on any atom is -0.368 e. The van der Waals surface area contributed by atoms with Crippen LogP contribution >= 0.6 is 11.3 Å². The van der Waals surface area contributed by atoms with Crippen molar-refractivity contribution in [2.75, 3.05) is 6.61 Å². The first kappa shape index (κ1) is 15.4. The summed E-state index contributed by atoms with van der Waals surface area (Å²) in [4.78, 5) is 6.37. The standard InChI is InChI=1S/C17H28N2OS/c1-4-20-17(10-8-16(2,3)9-11-17)15-19-14-12(18)6-5-7-13(14)21-15/h12H,4-11,18H2,1-3H3. The van der Waals surface area contributed by atoms with Crippen molar-refractivity contribution in [3.8, 4) is 0 Å². The molecule has 1 aromatic rings. The monoisotopic (exact) mass is 308 g/mol. The number of fused-ring (bicyclic) bond motifs is 1. The Morgan fingerprint density at radius 2 is 2.00 bits per heavy atom. The maximum absolute atomic E-state index is 6.27. The zero-order chi connectivity index (χ0) is 15.1. The lowest BCUT2D eigenvalue weighted by Gasteiger charge is -2.42. The summed E-state index contributed by atoms with van der Waals surface area (Å²) in [5.41, 5.74) is 7.70. The Balaban J connectivity index is 1.91. The van der Waals surface area contributed by atoms with Gasteiger partial charge in [-0.25, -0.2) is 4.98 Å². The van der Waals surface area contributed by atoms with Gasteiger partial charge in [-0.15, -0.1) is 11.3 Å². The highest BCUT2D eigenvalue weighted by Crippen LogP contribution is 2.49. The minimum absolute atomic E-state index is 0.137. The second-order valence-corrected chi connectivity index (χ2v) is 8.50. The minimum atomic E-state index is -0.147. The lowest BCUT2D eigenvalue weighted by atomic mass is 9.71. The van der Waals surface area contributed by atoms with Crippen molar-refractivity contribution in [3.63, 3.8) is 0 Å². The number of ether oxygens (including phenoxy) is 1. The second-order valence-electron chi connectivity index (χ2n) is 7.42. The molecule has 0 spiro atoms. The molecule has 1 atom stereocenters. The number of aromatic nitrogens is 1. The van der Waals surface area contributed by atoms with Gasteiger partial charge >= 0.3 is 0 Å². The average Bonchev–Trinajstić information content (AvgIpc) is 2.88. The normalized spacial score (nSPS) is 27.3. The van der Waals surface area contributed by atoms with Gasteiger partial charge in [0.2, 0.25) is 0 Å². The molecular weight excluding hydrogens is 280 g/mol. The molecule has 21 heavy (non-hydrogen) atoms. The molecule has 1 unspecified atom stereocenters. The molecule has 2 aliphatic carbocycles. The van der Waals surface area contributed by atoms with Crippen molar-refractivity contribution in [2.45, 2.75) is 77.4 Å². The maximum Gasteiger partial charge on any atom is 0.125 e. The van der Waals surface area contributed by atoms with Crippen molar-refractivity contribution < 1.29 is 4.74 Å². The van der Waals surface area contributed by atoms with Gasteiger partial charge in [0, 0.05) is 17.5 Å². The molecule has 1 fully saturated rings. The molecule has 1 aromatic heterocycles. The fraction of sp³-hybridized carbons (Fsp3) is 0.824. The number of aryl methyl sites for hydroxylation is 1. The van der Waals surface area contributed by atoms with E-state index in [2.05, 4.69) is 20.8 Å². The Morgan fingerprint density at radius 1 is 1.29 bits per heavy atom. The lowest BCUT2D eigenvalue weighted by molar-refractivity contribution is -0.0891. The number of thiazole rings is 1. The average molecular weight is 308 g/mol. The number of hydrogen-bond donors (Lipinski definition) is 1. The van der Waals surface area contributed by atoms with E-state index >= 15 is 0 Å². The van der Waals surface area contributed by atoms with Crippen LogP contribution in [0.15, 0.2) is 0 Å². The van der Waals surface area contributed by atoms with Crippen LogP contribution in [0.5, 0.6) is 0 Å². The largest absolute Gasteiger partial charge is 0.368 e. The van der Waals surface area contributed by atoms with E-state index < -0.39 is 0 Å². The fourth-order valence-corrected chi connectivity index (χ4v) is 5.05. The Morgan fingerprint density at radius 3 is 2.62 bits per heavy atom. The zero-order valence-electron chi connectivity index (χ0n) is 13.6. The van der Waals surface area contributed by atoms with Gasteiger partial charge in [-0.1, -0.05) is 13.8 Å². The molecule has 1 heterocycles. The van der Waals surface area contributed by atoms with Crippen LogP contribution in [-0.4, -0.2) is 11.6 Å². The van der Waals surface area contributed by atoms with Gasteiger partial charge in [0.15, 0.2) is 0 Å². The van der Waals surface area contributed by atoms with Crippen LogP contribution in [0.2, 0.25) is 0 Å². The molecule has 1 saturated carbocycles. The van der Waals surface area contributed by atoms with Gasteiger partial charge in [-0.05, 0) is 57.3 Å². The number of nitrogens with two attached hydrogens (primary N) is 1. The summed E-state index contributed by atoms with van der Waals surface area (Å²) >= 11 is 1.87. The van der Waals surface area contributed by atoms with Crippen LogP contribution in [0.4, 0.5) is 0 Å². The summed E-state index contributed by atoms with van der Waals surface area (Å²) in [6, 6.07) is 0.137. The Hall–Kier alpha value is -0.450. The number of nitrogens with zero attached hydrogens (tertiary/aromatic N) is 1. The molecule has 3 rings (SSSR count). The van der Waals surface area contributed by atoms with Gasteiger partial charge in [0.25, 0.3) is 0 Å². The molecule has 118 valence electrons. The third-order valence-electron chi connectivity index (χ3n) is 5.22. The third kappa shape index (κ3) is 2.90. The third-order valence-corrected chi connectivity index (χ3v) is 6.54. The summed E-state index contributed by atoms with van der Waals surface area (Å²) in [5, 5.41) is 1.20. The fourth-order valence-electron chi connectivity index (χ4n) is 3.67. The van der Waals surface area contributed by atoms with E-state index in [1.165, 1.54) is 29.1 Å². The van der Waals surface area contributed by atoms with Gasteiger partial charge in [-0.3, -0.25) is 0 Å². The molecule has 4 heteroatoms. The predicted molar refractivity (Wildman–Crippen MR) is 87.5 cm³/mol. The van der Waals surface area contributed by atoms with Crippen molar-refractivity contribution in [2.24, 2.45) is 11.1 Å². The summed E-state index contributed by atoms with van der Waals surface area (Å²) in [5.74, 6) is 0. The van der Waals surface area contributed by atoms with Crippen molar-refractivity contribution in [3.05, 3.63) is 15.6 Å². The smallest absolute Gasteiger partial charge is 0.125 e. The Kier molecular flexibility index (Phi) is 4.15. The van der Waals surface area contributed by atoms with E-state index in [1.807, 2.05) is 11.3 Å². The van der Waals surface area contributed by atoms with E-state index in [9.17, 15) is 0 Å². The lowest BCUT2D eigenvalue weighted by Crippen LogP contribution is -2.37. The van der Waals surface area contributed by atoms with E-state index in [0.717, 1.165) is 38.0 Å². The molecular formula is C17H28N2OS. The molecule has 3 nitrogen and oxygen atoms in total. The van der Waals surface area contributed by atoms with Crippen LogP contribution < -0.4 is 5.73 Å². The van der Waals surface area contributed by atoms with Crippen LogP contribution in [-0.2, 0) is 16.8 Å². The van der Waals surface area contributed by atoms with Gasteiger partial charge in [-0.2, -0.15) is 0 Å². The molecule has 0 amide bonds. The van der Waals surface area contributed by atoms with E-state index in [1.54, 1.807) is 0 Å². The predicted octanol–water partition coefficient (Wildman–Crippen LogP) is 4.31. The highest BCUT2D eigenvalue weighted by Gasteiger charge is 2.43. The molecule has 0 bridgehead atoms. The van der Waals surface area contributed by atoms with E-state index in [-0.39, 0.29) is 11.6 Å². The summed E-state index contributed by atoms with van der Waals surface area (Å²) in [7, 11) is 0. The van der Waals surface area contributed by atoms with Gasteiger partial charge in [0.1, 0.15) is 10.6 Å². The molecule has 0 aromatic carbocycles. The van der Waals surface area contributed by atoms with Crippen molar-refractivity contribution >= 4 is 11.3 Å². The molecule has 0 saturated heterocycles. The first-order chi connectivity index (χ1) is 9.96. The topological polar surface area (TPSA) is 48.1 Å². The SMILES string of the molecule is CCOC1(c2nc3c(s2)CCCC3N)CCC(C)(C)CC1. The Labute approximate surface area is 132 Å². The van der Waals surface area contributed by atoms with E-state index in [4.69, 9.17) is 15.5 Å². The highest BCUT2D eigenvalue weighted by molar-refractivity contribution is 7.11. The Bertz CT molecular complexity index is 499. The van der Waals surface area contributed by atoms with Gasteiger partial charge in [0.05, 0.1) is 5.69 Å². The summed E-state index contributed by atoms with van der Waals surface area (Å²) in [6.45, 7) is 7.59. The van der Waals surface area contributed by atoms with Crippen molar-refractivity contribution in [1.82, 2.24) is 4.98 Å². The van der Waals surface area contributed by atoms with Crippen LogP contribution in [0, 0.1) is 5.41 Å². The summed E-state index contributed by atoms with van der Waals surface area (Å²) < 4.78 is 6.27. The zero-order valence-corrected chi connectivity index (χ0v) is 14.4. The number of rotatable bonds is 3. The first-order valence-electron chi connectivity index (χ1n) is 8.35. The van der Waals surface area contributed by atoms with Crippen LogP contribution in [0.3, 0.4) is 0 Å². The summed E-state index contributed by atoms with van der Waals surface area (Å²) in [6.07, 6.45) is 8.03. The van der Waals surface area contributed by atoms with Crippen LogP contribution in [0.1, 0.15) is 80.9 Å². The van der Waals surface area contributed by atoms with Crippen LogP contribution in [0.25, 0.3) is 0 Å².